The average molecular weight is 405 g/mol. The highest BCUT2D eigenvalue weighted by Gasteiger charge is 2.13. The molecular formula is C20H19N7OS. The maximum Gasteiger partial charge on any atom is 0.269 e. The summed E-state index contributed by atoms with van der Waals surface area (Å²) >= 11 is 1.51. The van der Waals surface area contributed by atoms with E-state index in [0.29, 0.717) is 22.3 Å². The van der Waals surface area contributed by atoms with Crippen LogP contribution in [0.2, 0.25) is 0 Å². The molecule has 0 aliphatic rings. The molecule has 146 valence electrons. The van der Waals surface area contributed by atoms with Crippen molar-refractivity contribution in [2.24, 2.45) is 0 Å². The third-order valence-electron chi connectivity index (χ3n) is 4.34. The van der Waals surface area contributed by atoms with Crippen molar-refractivity contribution in [2.75, 3.05) is 16.5 Å². The Morgan fingerprint density at radius 2 is 1.79 bits per heavy atom. The molecule has 0 saturated carbocycles. The van der Waals surface area contributed by atoms with Crippen LogP contribution < -0.4 is 21.9 Å². The Kier molecular flexibility index (Phi) is 4.96. The zero-order valence-corrected chi connectivity index (χ0v) is 16.7. The van der Waals surface area contributed by atoms with Gasteiger partial charge in [0.1, 0.15) is 12.0 Å². The highest BCUT2D eigenvalue weighted by molar-refractivity contribution is 7.22. The number of carbonyl (C=O) groups excluding carboxylic acids is 1. The van der Waals surface area contributed by atoms with Crippen LogP contribution in [0.3, 0.4) is 0 Å². The fourth-order valence-electron chi connectivity index (χ4n) is 2.73. The zero-order chi connectivity index (χ0) is 20.4. The first-order valence-electron chi connectivity index (χ1n) is 8.88. The number of nitrogens with one attached hydrogen (secondary N) is 3. The average Bonchev–Trinajstić information content (AvgIpc) is 3.13. The molecule has 2 aromatic carbocycles. The van der Waals surface area contributed by atoms with Crippen LogP contribution in [0.15, 0.2) is 48.8 Å². The van der Waals surface area contributed by atoms with Gasteiger partial charge in [0.25, 0.3) is 5.91 Å². The van der Waals surface area contributed by atoms with E-state index in [0.717, 1.165) is 21.3 Å². The standard InChI is InChI=1S/C20H19N7OS/c1-11-6-8-13(9-7-11)19(28)27-26-18-15(21)17(22-10-23-18)25-20-24-16-12(2)4-3-5-14(16)29-20/h3-10H,21H2,1-2H3,(H,27,28)(H2,22,23,24,25,26). The van der Waals surface area contributed by atoms with Gasteiger partial charge in [-0.3, -0.25) is 15.6 Å². The summed E-state index contributed by atoms with van der Waals surface area (Å²) in [5.74, 6) is 0.406. The molecule has 4 rings (SSSR count). The highest BCUT2D eigenvalue weighted by Crippen LogP contribution is 2.32. The van der Waals surface area contributed by atoms with E-state index in [2.05, 4.69) is 31.1 Å². The van der Waals surface area contributed by atoms with Crippen LogP contribution in [0.4, 0.5) is 22.5 Å². The summed E-state index contributed by atoms with van der Waals surface area (Å²) in [5, 5.41) is 3.81. The van der Waals surface area contributed by atoms with Gasteiger partial charge in [0.05, 0.1) is 10.2 Å². The van der Waals surface area contributed by atoms with Crippen molar-refractivity contribution >= 4 is 49.9 Å². The van der Waals surface area contributed by atoms with Gasteiger partial charge >= 0.3 is 0 Å². The van der Waals surface area contributed by atoms with E-state index in [9.17, 15) is 4.79 Å². The lowest BCUT2D eigenvalue weighted by Crippen LogP contribution is -2.30. The van der Waals surface area contributed by atoms with Crippen LogP contribution in [0.5, 0.6) is 0 Å². The predicted molar refractivity (Wildman–Crippen MR) is 116 cm³/mol. The first-order valence-corrected chi connectivity index (χ1v) is 9.69. The number of aromatic nitrogens is 3. The number of hydrogen-bond acceptors (Lipinski definition) is 8. The molecule has 0 aliphatic heterocycles. The number of benzene rings is 2. The van der Waals surface area contributed by atoms with Crippen molar-refractivity contribution in [1.29, 1.82) is 0 Å². The Balaban J connectivity index is 1.50. The first kappa shape index (κ1) is 18.6. The lowest BCUT2D eigenvalue weighted by molar-refractivity contribution is 0.0962. The monoisotopic (exact) mass is 405 g/mol. The van der Waals surface area contributed by atoms with Crippen molar-refractivity contribution < 1.29 is 4.79 Å². The quantitative estimate of drug-likeness (QED) is 0.373. The molecule has 0 aliphatic carbocycles. The summed E-state index contributed by atoms with van der Waals surface area (Å²) in [6, 6.07) is 13.3. The third-order valence-corrected chi connectivity index (χ3v) is 5.27. The third kappa shape index (κ3) is 3.94. The number of anilines is 4. The van der Waals surface area contributed by atoms with Gasteiger partial charge in [-0.25, -0.2) is 15.0 Å². The summed E-state index contributed by atoms with van der Waals surface area (Å²) < 4.78 is 1.07. The number of amides is 1. The molecule has 0 bridgehead atoms. The minimum absolute atomic E-state index is 0.271. The minimum atomic E-state index is -0.292. The fourth-order valence-corrected chi connectivity index (χ4v) is 3.67. The topological polar surface area (TPSA) is 118 Å². The number of nitrogens with two attached hydrogens (primary N) is 1. The molecular weight excluding hydrogens is 386 g/mol. The van der Waals surface area contributed by atoms with Crippen molar-refractivity contribution in [3.63, 3.8) is 0 Å². The second-order valence-electron chi connectivity index (χ2n) is 6.50. The number of rotatable bonds is 5. The Bertz CT molecular complexity index is 1190. The van der Waals surface area contributed by atoms with E-state index in [1.54, 1.807) is 12.1 Å². The van der Waals surface area contributed by atoms with Crippen molar-refractivity contribution in [3.05, 3.63) is 65.5 Å². The molecule has 4 aromatic rings. The van der Waals surface area contributed by atoms with Crippen molar-refractivity contribution in [1.82, 2.24) is 20.4 Å². The SMILES string of the molecule is Cc1ccc(C(=O)NNc2ncnc(Nc3nc4c(C)cccc4s3)c2N)cc1. The maximum atomic E-state index is 12.3. The second kappa shape index (κ2) is 7.72. The number of nitrogens with zero attached hydrogens (tertiary/aromatic N) is 3. The molecule has 9 heteroatoms. The minimum Gasteiger partial charge on any atom is -0.393 e. The number of fused-ring (bicyclic) bond motifs is 1. The number of nitrogen functional groups attached to an aromatic ring is 1. The van der Waals surface area contributed by atoms with Crippen LogP contribution in [0.25, 0.3) is 10.2 Å². The normalized spacial score (nSPS) is 10.7. The van der Waals surface area contributed by atoms with Gasteiger partial charge in [-0.2, -0.15) is 0 Å². The van der Waals surface area contributed by atoms with E-state index >= 15 is 0 Å². The van der Waals surface area contributed by atoms with E-state index in [1.807, 2.05) is 44.2 Å². The van der Waals surface area contributed by atoms with Crippen LogP contribution in [-0.2, 0) is 0 Å². The molecule has 1 amide bonds. The van der Waals surface area contributed by atoms with E-state index in [4.69, 9.17) is 5.73 Å². The van der Waals surface area contributed by atoms with Crippen LogP contribution in [0, 0.1) is 13.8 Å². The van der Waals surface area contributed by atoms with E-state index in [-0.39, 0.29) is 11.6 Å². The highest BCUT2D eigenvalue weighted by atomic mass is 32.1. The van der Waals surface area contributed by atoms with Crippen LogP contribution in [0.1, 0.15) is 21.5 Å². The van der Waals surface area contributed by atoms with Crippen molar-refractivity contribution in [2.45, 2.75) is 13.8 Å². The summed E-state index contributed by atoms with van der Waals surface area (Å²) in [5.41, 5.74) is 15.4. The molecule has 2 aromatic heterocycles. The van der Waals surface area contributed by atoms with E-state index < -0.39 is 0 Å². The fraction of sp³-hybridized carbons (Fsp3) is 0.100. The Hall–Kier alpha value is -3.72. The smallest absolute Gasteiger partial charge is 0.269 e. The van der Waals surface area contributed by atoms with Gasteiger partial charge in [-0.1, -0.05) is 41.2 Å². The molecule has 0 saturated heterocycles. The largest absolute Gasteiger partial charge is 0.393 e. The number of para-hydroxylation sites is 1. The first-order chi connectivity index (χ1) is 14.0. The predicted octanol–water partition coefficient (Wildman–Crippen LogP) is 3.79. The zero-order valence-electron chi connectivity index (χ0n) is 15.9. The Labute approximate surface area is 171 Å². The molecule has 0 spiro atoms. The number of aryl methyl sites for hydroxylation is 2. The number of carbonyl (C=O) groups is 1. The maximum absolute atomic E-state index is 12.3. The Morgan fingerprint density at radius 3 is 2.55 bits per heavy atom. The van der Waals surface area contributed by atoms with Gasteiger partial charge < -0.3 is 11.1 Å². The van der Waals surface area contributed by atoms with Gasteiger partial charge in [0.2, 0.25) is 0 Å². The summed E-state index contributed by atoms with van der Waals surface area (Å²) in [6.45, 7) is 3.98. The van der Waals surface area contributed by atoms with Gasteiger partial charge in [-0.15, -0.1) is 0 Å². The molecule has 2 heterocycles. The lowest BCUT2D eigenvalue weighted by Gasteiger charge is -2.12. The van der Waals surface area contributed by atoms with Crippen LogP contribution >= 0.6 is 11.3 Å². The molecule has 0 fully saturated rings. The van der Waals surface area contributed by atoms with Gasteiger partial charge in [-0.05, 0) is 37.6 Å². The van der Waals surface area contributed by atoms with E-state index in [1.165, 1.54) is 17.7 Å². The molecule has 0 atom stereocenters. The number of hydrazine groups is 1. The molecule has 5 N–H and O–H groups in total. The molecule has 8 nitrogen and oxygen atoms in total. The number of thiazole rings is 1. The van der Waals surface area contributed by atoms with Crippen molar-refractivity contribution in [3.8, 4) is 0 Å². The molecule has 0 unspecified atom stereocenters. The lowest BCUT2D eigenvalue weighted by atomic mass is 10.1. The summed E-state index contributed by atoms with van der Waals surface area (Å²) in [7, 11) is 0. The number of hydrogen-bond donors (Lipinski definition) is 4. The second-order valence-corrected chi connectivity index (χ2v) is 7.53. The molecule has 29 heavy (non-hydrogen) atoms. The summed E-state index contributed by atoms with van der Waals surface area (Å²) in [6.07, 6.45) is 1.36. The van der Waals surface area contributed by atoms with Gasteiger partial charge in [0, 0.05) is 5.56 Å². The Morgan fingerprint density at radius 1 is 1.03 bits per heavy atom. The van der Waals surface area contributed by atoms with Gasteiger partial charge in [0.15, 0.2) is 16.8 Å². The van der Waals surface area contributed by atoms with Crippen LogP contribution in [-0.4, -0.2) is 20.9 Å². The molecule has 0 radical (unpaired) electrons. The summed E-state index contributed by atoms with van der Waals surface area (Å²) in [4.78, 5) is 25.2.